The first-order valence-electron chi connectivity index (χ1n) is 8.23. The predicted molar refractivity (Wildman–Crippen MR) is 105 cm³/mol. The molecule has 27 heavy (non-hydrogen) atoms. The number of aromatic nitrogens is 1. The zero-order valence-electron chi connectivity index (χ0n) is 15.0. The molecule has 0 bridgehead atoms. The number of amides is 1. The maximum absolute atomic E-state index is 11.7. The summed E-state index contributed by atoms with van der Waals surface area (Å²) in [5.41, 5.74) is 12.6. The normalized spacial score (nSPS) is 10.9. The van der Waals surface area contributed by atoms with Gasteiger partial charge >= 0.3 is 0 Å². The summed E-state index contributed by atoms with van der Waals surface area (Å²) in [5, 5.41) is 13.5. The first kappa shape index (κ1) is 18.7. The second-order valence-corrected chi connectivity index (χ2v) is 6.89. The minimum atomic E-state index is -0.634. The standard InChI is InChI=1S/C18H19N5O3S/c1-9-4-5-11(26-9)12-10(8-19)17(22-6-3-7-25-2)23-18-13(12)14(20)15(27-18)16(21)24/h4-5H,3,6-7,20H2,1-2H3,(H2,21,24)(H,22,23). The molecule has 0 spiro atoms. The number of hydrogen-bond acceptors (Lipinski definition) is 8. The molecule has 0 aliphatic rings. The van der Waals surface area contributed by atoms with E-state index in [-0.39, 0.29) is 10.6 Å². The van der Waals surface area contributed by atoms with Crippen molar-refractivity contribution in [1.29, 1.82) is 5.26 Å². The zero-order valence-corrected chi connectivity index (χ0v) is 15.8. The third kappa shape index (κ3) is 3.45. The van der Waals surface area contributed by atoms with Crippen LogP contribution in [0.5, 0.6) is 0 Å². The van der Waals surface area contributed by atoms with Crippen molar-refractivity contribution >= 4 is 39.0 Å². The van der Waals surface area contributed by atoms with Gasteiger partial charge in [-0.2, -0.15) is 5.26 Å². The minimum absolute atomic E-state index is 0.210. The van der Waals surface area contributed by atoms with Crippen molar-refractivity contribution < 1.29 is 13.9 Å². The summed E-state index contributed by atoms with van der Waals surface area (Å²) in [5.74, 6) is 0.946. The second-order valence-electron chi connectivity index (χ2n) is 5.89. The number of methoxy groups -OCH3 is 1. The molecule has 0 aliphatic carbocycles. The summed E-state index contributed by atoms with van der Waals surface area (Å²) in [6.45, 7) is 2.96. The van der Waals surface area contributed by atoms with Crippen molar-refractivity contribution in [2.45, 2.75) is 13.3 Å². The van der Waals surface area contributed by atoms with Crippen molar-refractivity contribution in [2.75, 3.05) is 31.3 Å². The lowest BCUT2D eigenvalue weighted by Gasteiger charge is -2.11. The molecule has 0 aromatic carbocycles. The molecule has 0 saturated heterocycles. The van der Waals surface area contributed by atoms with Crippen LogP contribution < -0.4 is 16.8 Å². The average molecular weight is 385 g/mol. The number of anilines is 2. The highest BCUT2D eigenvalue weighted by Crippen LogP contribution is 2.43. The highest BCUT2D eigenvalue weighted by Gasteiger charge is 2.25. The Morgan fingerprint density at radius 2 is 2.26 bits per heavy atom. The van der Waals surface area contributed by atoms with Gasteiger partial charge in [-0.05, 0) is 25.5 Å². The number of furan rings is 1. The fourth-order valence-electron chi connectivity index (χ4n) is 2.81. The number of thiophene rings is 1. The first-order chi connectivity index (χ1) is 13.0. The molecule has 3 heterocycles. The Morgan fingerprint density at radius 3 is 2.85 bits per heavy atom. The monoisotopic (exact) mass is 385 g/mol. The van der Waals surface area contributed by atoms with Crippen LogP contribution in [0, 0.1) is 18.3 Å². The van der Waals surface area contributed by atoms with E-state index >= 15 is 0 Å². The van der Waals surface area contributed by atoms with Gasteiger partial charge in [-0.1, -0.05) is 0 Å². The van der Waals surface area contributed by atoms with Gasteiger partial charge in [0.1, 0.15) is 38.7 Å². The molecule has 0 saturated carbocycles. The molecule has 8 nitrogen and oxygen atoms in total. The van der Waals surface area contributed by atoms with Gasteiger partial charge < -0.3 is 25.9 Å². The summed E-state index contributed by atoms with van der Waals surface area (Å²) in [6, 6.07) is 5.75. The highest BCUT2D eigenvalue weighted by molar-refractivity contribution is 7.21. The van der Waals surface area contributed by atoms with E-state index in [2.05, 4.69) is 16.4 Å². The molecule has 1 amide bonds. The maximum atomic E-state index is 11.7. The van der Waals surface area contributed by atoms with Gasteiger partial charge in [-0.3, -0.25) is 4.79 Å². The Morgan fingerprint density at radius 1 is 1.48 bits per heavy atom. The van der Waals surface area contributed by atoms with E-state index in [1.165, 1.54) is 0 Å². The van der Waals surface area contributed by atoms with Crippen LogP contribution in [0.15, 0.2) is 16.5 Å². The van der Waals surface area contributed by atoms with Crippen LogP contribution in [0.2, 0.25) is 0 Å². The number of nitriles is 1. The predicted octanol–water partition coefficient (Wildman–Crippen LogP) is 2.87. The van der Waals surface area contributed by atoms with E-state index in [1.807, 2.05) is 6.92 Å². The van der Waals surface area contributed by atoms with Crippen LogP contribution in [0.3, 0.4) is 0 Å². The van der Waals surface area contributed by atoms with Gasteiger partial charge in [0.2, 0.25) is 0 Å². The summed E-state index contributed by atoms with van der Waals surface area (Å²) >= 11 is 1.10. The Balaban J connectivity index is 2.25. The molecule has 0 radical (unpaired) electrons. The number of nitrogens with zero attached hydrogens (tertiary/aromatic N) is 2. The highest BCUT2D eigenvalue weighted by atomic mass is 32.1. The van der Waals surface area contributed by atoms with Crippen LogP contribution in [0.4, 0.5) is 11.5 Å². The van der Waals surface area contributed by atoms with E-state index in [4.69, 9.17) is 20.6 Å². The fourth-order valence-corrected chi connectivity index (χ4v) is 3.77. The summed E-state index contributed by atoms with van der Waals surface area (Å²) < 4.78 is 10.8. The number of pyridine rings is 1. The van der Waals surface area contributed by atoms with Gasteiger partial charge in [0.25, 0.3) is 5.91 Å². The number of carbonyl (C=O) groups is 1. The topological polar surface area (TPSA) is 140 Å². The summed E-state index contributed by atoms with van der Waals surface area (Å²) in [4.78, 5) is 17.0. The lowest BCUT2D eigenvalue weighted by Crippen LogP contribution is -2.10. The van der Waals surface area contributed by atoms with Crippen molar-refractivity contribution in [3.05, 3.63) is 28.3 Å². The van der Waals surface area contributed by atoms with Crippen LogP contribution in [-0.2, 0) is 4.74 Å². The number of nitrogen functional groups attached to an aromatic ring is 1. The number of rotatable bonds is 7. The maximum Gasteiger partial charge on any atom is 0.260 e. The number of carbonyl (C=O) groups excluding carboxylic acids is 1. The van der Waals surface area contributed by atoms with E-state index < -0.39 is 5.91 Å². The van der Waals surface area contributed by atoms with Crippen molar-refractivity contribution in [1.82, 2.24) is 4.98 Å². The Hall–Kier alpha value is -3.09. The van der Waals surface area contributed by atoms with E-state index in [0.717, 1.165) is 17.8 Å². The van der Waals surface area contributed by atoms with Gasteiger partial charge in [-0.25, -0.2) is 4.98 Å². The largest absolute Gasteiger partial charge is 0.461 e. The Bertz CT molecular complexity index is 1050. The molecular weight excluding hydrogens is 366 g/mol. The number of hydrogen-bond donors (Lipinski definition) is 3. The van der Waals surface area contributed by atoms with Crippen molar-refractivity contribution in [3.8, 4) is 17.4 Å². The number of ether oxygens (including phenoxy) is 1. The number of aryl methyl sites for hydroxylation is 1. The lowest BCUT2D eigenvalue weighted by molar-refractivity contribution is 0.100. The molecule has 140 valence electrons. The quantitative estimate of drug-likeness (QED) is 0.531. The molecule has 0 atom stereocenters. The number of nitrogens with two attached hydrogens (primary N) is 2. The molecule has 3 aromatic rings. The summed E-state index contributed by atoms with van der Waals surface area (Å²) in [6.07, 6.45) is 0.745. The van der Waals surface area contributed by atoms with E-state index in [0.29, 0.717) is 51.8 Å². The van der Waals surface area contributed by atoms with Crippen LogP contribution in [-0.4, -0.2) is 31.2 Å². The van der Waals surface area contributed by atoms with Crippen molar-refractivity contribution in [2.24, 2.45) is 5.73 Å². The Kier molecular flexibility index (Phi) is 5.30. The summed E-state index contributed by atoms with van der Waals surface area (Å²) in [7, 11) is 1.63. The first-order valence-corrected chi connectivity index (χ1v) is 9.05. The minimum Gasteiger partial charge on any atom is -0.461 e. The number of primary amides is 1. The van der Waals surface area contributed by atoms with E-state index in [1.54, 1.807) is 19.2 Å². The molecule has 9 heteroatoms. The van der Waals surface area contributed by atoms with E-state index in [9.17, 15) is 10.1 Å². The van der Waals surface area contributed by atoms with Crippen molar-refractivity contribution in [3.63, 3.8) is 0 Å². The SMILES string of the molecule is COCCCNc1nc2sc(C(N)=O)c(N)c2c(-c2ccc(C)o2)c1C#N. The van der Waals surface area contributed by atoms with Gasteiger partial charge in [0.05, 0.1) is 11.3 Å². The third-order valence-corrected chi connectivity index (χ3v) is 5.13. The molecule has 0 unspecified atom stereocenters. The molecule has 5 N–H and O–H groups in total. The zero-order chi connectivity index (χ0) is 19.6. The molecule has 3 rings (SSSR count). The van der Waals surface area contributed by atoms with Gasteiger partial charge in [0.15, 0.2) is 0 Å². The molecule has 0 fully saturated rings. The van der Waals surface area contributed by atoms with Crippen LogP contribution in [0.25, 0.3) is 21.5 Å². The Labute approximate surface area is 159 Å². The molecular formula is C18H19N5O3S. The number of fused-ring (bicyclic) bond motifs is 1. The second kappa shape index (κ2) is 7.65. The number of nitrogens with one attached hydrogen (secondary N) is 1. The van der Waals surface area contributed by atoms with Gasteiger partial charge in [0, 0.05) is 25.6 Å². The molecule has 3 aromatic heterocycles. The third-order valence-electron chi connectivity index (χ3n) is 4.02. The fraction of sp³-hybridized carbons (Fsp3) is 0.278. The van der Waals surface area contributed by atoms with Crippen LogP contribution >= 0.6 is 11.3 Å². The van der Waals surface area contributed by atoms with Crippen LogP contribution in [0.1, 0.15) is 27.4 Å². The smallest absolute Gasteiger partial charge is 0.260 e. The lowest BCUT2D eigenvalue weighted by atomic mass is 10.0. The van der Waals surface area contributed by atoms with Gasteiger partial charge in [-0.15, -0.1) is 11.3 Å². The average Bonchev–Trinajstić information content (AvgIpc) is 3.21. The molecule has 0 aliphatic heterocycles.